The number of aromatic hydroxyl groups is 1. The standard InChI is InChI=1S/C20H30O3/c1-12(2)10-14-16(22)11-15(19(4,5)6)18(23-13(3)21)17(14)20(7,8)9/h11,22H,1,10H2,2-9H3. The second kappa shape index (κ2) is 6.38. The van der Waals surface area contributed by atoms with Crippen LogP contribution in [-0.4, -0.2) is 11.1 Å². The smallest absolute Gasteiger partial charge is 0.308 e. The van der Waals surface area contributed by atoms with Gasteiger partial charge in [0, 0.05) is 23.6 Å². The van der Waals surface area contributed by atoms with Crippen LogP contribution in [0.25, 0.3) is 0 Å². The molecule has 0 aliphatic rings. The first-order valence-corrected chi connectivity index (χ1v) is 7.97. The number of carbonyl (C=O) groups is 1. The van der Waals surface area contributed by atoms with Crippen LogP contribution in [0.15, 0.2) is 18.2 Å². The lowest BCUT2D eigenvalue weighted by Gasteiger charge is -2.31. The minimum Gasteiger partial charge on any atom is -0.508 e. The van der Waals surface area contributed by atoms with Gasteiger partial charge in [-0.05, 0) is 30.2 Å². The number of phenolic OH excluding ortho intramolecular Hbond substituents is 1. The van der Waals surface area contributed by atoms with E-state index in [4.69, 9.17) is 4.74 Å². The SMILES string of the molecule is C=C(C)Cc1c(O)cc(C(C)(C)C)c(OC(C)=O)c1C(C)(C)C. The predicted octanol–water partition coefficient (Wildman–Crippen LogP) is 5.03. The molecule has 0 bridgehead atoms. The van der Waals surface area contributed by atoms with E-state index in [1.807, 2.05) is 27.7 Å². The van der Waals surface area contributed by atoms with Gasteiger partial charge in [0.25, 0.3) is 0 Å². The molecule has 0 aliphatic heterocycles. The maximum Gasteiger partial charge on any atom is 0.308 e. The molecule has 0 saturated heterocycles. The van der Waals surface area contributed by atoms with Gasteiger partial charge in [-0.25, -0.2) is 0 Å². The van der Waals surface area contributed by atoms with Crippen LogP contribution in [0.2, 0.25) is 0 Å². The van der Waals surface area contributed by atoms with Crippen molar-refractivity contribution in [1.82, 2.24) is 0 Å². The third-order valence-corrected chi connectivity index (χ3v) is 3.65. The third-order valence-electron chi connectivity index (χ3n) is 3.65. The number of benzene rings is 1. The number of hydrogen-bond donors (Lipinski definition) is 1. The van der Waals surface area contributed by atoms with E-state index in [-0.39, 0.29) is 22.5 Å². The van der Waals surface area contributed by atoms with Gasteiger partial charge >= 0.3 is 5.97 Å². The Morgan fingerprint density at radius 3 is 2.00 bits per heavy atom. The fraction of sp³-hybridized carbons (Fsp3) is 0.550. The zero-order valence-electron chi connectivity index (χ0n) is 15.8. The summed E-state index contributed by atoms with van der Waals surface area (Å²) in [5.74, 6) is 0.457. The normalized spacial score (nSPS) is 12.2. The number of hydrogen-bond acceptors (Lipinski definition) is 3. The van der Waals surface area contributed by atoms with E-state index in [2.05, 4.69) is 27.4 Å². The second-order valence-electron chi connectivity index (χ2n) is 8.35. The van der Waals surface area contributed by atoms with Crippen molar-refractivity contribution in [2.45, 2.75) is 72.6 Å². The van der Waals surface area contributed by atoms with E-state index in [9.17, 15) is 9.90 Å². The van der Waals surface area contributed by atoms with Crippen molar-refractivity contribution in [3.63, 3.8) is 0 Å². The Hall–Kier alpha value is -1.77. The average Bonchev–Trinajstić information content (AvgIpc) is 2.28. The van der Waals surface area contributed by atoms with Crippen LogP contribution in [0, 0.1) is 0 Å². The minimum absolute atomic E-state index is 0.235. The van der Waals surface area contributed by atoms with E-state index in [1.165, 1.54) is 6.92 Å². The van der Waals surface area contributed by atoms with Crippen LogP contribution in [0.5, 0.6) is 11.5 Å². The largest absolute Gasteiger partial charge is 0.508 e. The second-order valence-corrected chi connectivity index (χ2v) is 8.35. The number of rotatable bonds is 3. The van der Waals surface area contributed by atoms with Gasteiger partial charge in [-0.1, -0.05) is 53.7 Å². The molecule has 0 saturated carbocycles. The van der Waals surface area contributed by atoms with Crippen LogP contribution < -0.4 is 4.74 Å². The molecule has 3 heteroatoms. The molecule has 1 aromatic carbocycles. The molecule has 1 N–H and O–H groups in total. The lowest BCUT2D eigenvalue weighted by Crippen LogP contribution is -2.23. The van der Waals surface area contributed by atoms with Gasteiger partial charge in [0.2, 0.25) is 0 Å². The molecule has 0 fully saturated rings. The van der Waals surface area contributed by atoms with Gasteiger partial charge in [-0.3, -0.25) is 4.79 Å². The van der Waals surface area contributed by atoms with Gasteiger partial charge in [0.15, 0.2) is 0 Å². The first-order chi connectivity index (χ1) is 10.2. The maximum absolute atomic E-state index is 11.7. The summed E-state index contributed by atoms with van der Waals surface area (Å²) in [6, 6.07) is 1.73. The molecule has 1 aromatic rings. The summed E-state index contributed by atoms with van der Waals surface area (Å²) in [5.41, 5.74) is 2.90. The Kier molecular flexibility index (Phi) is 5.35. The Bertz CT molecular complexity index is 626. The highest BCUT2D eigenvalue weighted by atomic mass is 16.5. The van der Waals surface area contributed by atoms with Crippen molar-refractivity contribution < 1.29 is 14.6 Å². The van der Waals surface area contributed by atoms with Crippen LogP contribution in [0.3, 0.4) is 0 Å². The van der Waals surface area contributed by atoms with Gasteiger partial charge in [-0.2, -0.15) is 0 Å². The quantitative estimate of drug-likeness (QED) is 0.483. The first kappa shape index (κ1) is 19.3. The Balaban J connectivity index is 3.89. The van der Waals surface area contributed by atoms with E-state index >= 15 is 0 Å². The Morgan fingerprint density at radius 2 is 1.65 bits per heavy atom. The molecule has 0 unspecified atom stereocenters. The van der Waals surface area contributed by atoms with Crippen molar-refractivity contribution in [2.75, 3.05) is 0 Å². The van der Waals surface area contributed by atoms with Crippen molar-refractivity contribution in [3.05, 3.63) is 34.9 Å². The van der Waals surface area contributed by atoms with Crippen molar-refractivity contribution in [3.8, 4) is 11.5 Å². The first-order valence-electron chi connectivity index (χ1n) is 7.97. The lowest BCUT2D eigenvalue weighted by atomic mass is 9.76. The van der Waals surface area contributed by atoms with Gasteiger partial charge in [0.1, 0.15) is 11.5 Å². The summed E-state index contributed by atoms with van der Waals surface area (Å²) in [4.78, 5) is 11.7. The Morgan fingerprint density at radius 1 is 1.13 bits per heavy atom. The van der Waals surface area contributed by atoms with Crippen molar-refractivity contribution >= 4 is 5.97 Å². The topological polar surface area (TPSA) is 46.5 Å². The lowest BCUT2D eigenvalue weighted by molar-refractivity contribution is -0.132. The molecule has 0 spiro atoms. The summed E-state index contributed by atoms with van der Waals surface area (Å²) in [5, 5.41) is 10.6. The third kappa shape index (κ3) is 4.60. The molecule has 128 valence electrons. The highest BCUT2D eigenvalue weighted by Crippen LogP contribution is 2.46. The summed E-state index contributed by atoms with van der Waals surface area (Å²) >= 11 is 0. The number of allylic oxidation sites excluding steroid dienone is 1. The zero-order chi connectivity index (χ0) is 18.2. The molecule has 0 amide bonds. The molecule has 0 aromatic heterocycles. The van der Waals surface area contributed by atoms with Gasteiger partial charge in [-0.15, -0.1) is 0 Å². The highest BCUT2D eigenvalue weighted by Gasteiger charge is 2.32. The minimum atomic E-state index is -0.354. The molecule has 1 rings (SSSR count). The van der Waals surface area contributed by atoms with E-state index < -0.39 is 0 Å². The van der Waals surface area contributed by atoms with E-state index in [1.54, 1.807) is 6.07 Å². The number of phenols is 1. The molecular formula is C20H30O3. The number of carbonyl (C=O) groups excluding carboxylic acids is 1. The van der Waals surface area contributed by atoms with Crippen LogP contribution in [0.1, 0.15) is 72.1 Å². The van der Waals surface area contributed by atoms with E-state index in [0.717, 1.165) is 22.3 Å². The monoisotopic (exact) mass is 318 g/mol. The van der Waals surface area contributed by atoms with E-state index in [0.29, 0.717) is 12.2 Å². The van der Waals surface area contributed by atoms with Crippen molar-refractivity contribution in [2.24, 2.45) is 0 Å². The molecule has 0 heterocycles. The summed E-state index contributed by atoms with van der Waals surface area (Å²) < 4.78 is 5.63. The maximum atomic E-state index is 11.7. The predicted molar refractivity (Wildman–Crippen MR) is 95.3 cm³/mol. The molecule has 0 radical (unpaired) electrons. The number of esters is 1. The Labute approximate surface area is 140 Å². The van der Waals surface area contributed by atoms with Crippen LogP contribution in [-0.2, 0) is 22.0 Å². The van der Waals surface area contributed by atoms with Crippen LogP contribution in [0.4, 0.5) is 0 Å². The van der Waals surface area contributed by atoms with Crippen LogP contribution >= 0.6 is 0 Å². The fourth-order valence-electron chi connectivity index (χ4n) is 2.77. The molecule has 23 heavy (non-hydrogen) atoms. The average molecular weight is 318 g/mol. The highest BCUT2D eigenvalue weighted by molar-refractivity contribution is 5.72. The van der Waals surface area contributed by atoms with Gasteiger partial charge < -0.3 is 9.84 Å². The van der Waals surface area contributed by atoms with Gasteiger partial charge in [0.05, 0.1) is 0 Å². The zero-order valence-corrected chi connectivity index (χ0v) is 15.8. The molecular weight excluding hydrogens is 288 g/mol. The molecule has 0 aliphatic carbocycles. The fourth-order valence-corrected chi connectivity index (χ4v) is 2.77. The van der Waals surface area contributed by atoms with Crippen molar-refractivity contribution in [1.29, 1.82) is 0 Å². The summed E-state index contributed by atoms with van der Waals surface area (Å²) in [7, 11) is 0. The summed E-state index contributed by atoms with van der Waals surface area (Å²) in [6.45, 7) is 19.6. The summed E-state index contributed by atoms with van der Waals surface area (Å²) in [6.07, 6.45) is 0.553. The number of ether oxygens (including phenoxy) is 1. The molecule has 0 atom stereocenters. The molecule has 3 nitrogen and oxygen atoms in total.